The number of aryl methyl sites for hydroxylation is 1. The van der Waals surface area contributed by atoms with Gasteiger partial charge in [0.05, 0.1) is 6.61 Å². The zero-order valence-electron chi connectivity index (χ0n) is 10.2. The van der Waals surface area contributed by atoms with Crippen molar-refractivity contribution in [3.05, 3.63) is 54.0 Å². The molecule has 0 saturated carbocycles. The molecule has 0 bridgehead atoms. The Labute approximate surface area is 107 Å². The smallest absolute Gasteiger partial charge is 0.123 e. The number of rotatable bonds is 6. The Morgan fingerprint density at radius 1 is 1.06 bits per heavy atom. The van der Waals surface area contributed by atoms with E-state index in [1.165, 1.54) is 5.56 Å². The highest BCUT2D eigenvalue weighted by Crippen LogP contribution is 2.05. The molecule has 2 aromatic rings. The van der Waals surface area contributed by atoms with Crippen LogP contribution >= 0.6 is 0 Å². The summed E-state index contributed by atoms with van der Waals surface area (Å²) >= 11 is 0. The molecule has 0 spiro atoms. The van der Waals surface area contributed by atoms with Gasteiger partial charge in [0.1, 0.15) is 5.82 Å². The van der Waals surface area contributed by atoms with Crippen LogP contribution < -0.4 is 5.73 Å². The fourth-order valence-electron chi connectivity index (χ4n) is 1.64. The second-order valence-electron chi connectivity index (χ2n) is 4.10. The van der Waals surface area contributed by atoms with Gasteiger partial charge in [0, 0.05) is 25.2 Å². The minimum absolute atomic E-state index is 0.538. The number of nitrogen functional groups attached to an aromatic ring is 1. The standard InChI is InChI=1S/C14H17N3O/c15-14-4-3-13(10-17-14)11-18-9-1-2-12-5-7-16-8-6-12/h3-8,10H,1-2,9,11H2,(H2,15,17). The first-order valence-corrected chi connectivity index (χ1v) is 6.01. The monoisotopic (exact) mass is 243 g/mol. The second-order valence-corrected chi connectivity index (χ2v) is 4.10. The third-order valence-corrected chi connectivity index (χ3v) is 2.62. The average Bonchev–Trinajstić information content (AvgIpc) is 2.42. The van der Waals surface area contributed by atoms with Gasteiger partial charge in [0.15, 0.2) is 0 Å². The maximum atomic E-state index is 5.58. The Balaban J connectivity index is 1.63. The van der Waals surface area contributed by atoms with Gasteiger partial charge >= 0.3 is 0 Å². The van der Waals surface area contributed by atoms with Crippen molar-refractivity contribution in [3.8, 4) is 0 Å². The Kier molecular flexibility index (Phi) is 4.67. The number of hydrogen-bond donors (Lipinski definition) is 1. The number of pyridine rings is 2. The molecule has 0 saturated heterocycles. The third kappa shape index (κ3) is 4.14. The molecule has 2 N–H and O–H groups in total. The van der Waals surface area contributed by atoms with Crippen molar-refractivity contribution in [2.24, 2.45) is 0 Å². The molecule has 4 heteroatoms. The Morgan fingerprint density at radius 2 is 1.89 bits per heavy atom. The van der Waals surface area contributed by atoms with Gasteiger partial charge in [-0.2, -0.15) is 0 Å². The lowest BCUT2D eigenvalue weighted by atomic mass is 10.1. The van der Waals surface area contributed by atoms with E-state index >= 15 is 0 Å². The fourth-order valence-corrected chi connectivity index (χ4v) is 1.64. The van der Waals surface area contributed by atoms with E-state index in [1.807, 2.05) is 30.6 Å². The highest BCUT2D eigenvalue weighted by atomic mass is 16.5. The van der Waals surface area contributed by atoms with Crippen LogP contribution in [0.5, 0.6) is 0 Å². The highest BCUT2D eigenvalue weighted by molar-refractivity contribution is 5.28. The number of ether oxygens (including phenoxy) is 1. The minimum atomic E-state index is 0.538. The number of nitrogens with zero attached hydrogens (tertiary/aromatic N) is 2. The summed E-state index contributed by atoms with van der Waals surface area (Å²) in [6.07, 6.45) is 7.40. The summed E-state index contributed by atoms with van der Waals surface area (Å²) in [5.74, 6) is 0.538. The molecule has 0 aliphatic heterocycles. The van der Waals surface area contributed by atoms with Crippen molar-refractivity contribution in [2.75, 3.05) is 12.3 Å². The largest absolute Gasteiger partial charge is 0.384 e. The first-order chi connectivity index (χ1) is 8.84. The van der Waals surface area contributed by atoms with Crippen LogP contribution in [-0.4, -0.2) is 16.6 Å². The van der Waals surface area contributed by atoms with Crippen LogP contribution in [0.15, 0.2) is 42.9 Å². The van der Waals surface area contributed by atoms with E-state index in [-0.39, 0.29) is 0 Å². The molecule has 0 radical (unpaired) electrons. The summed E-state index contributed by atoms with van der Waals surface area (Å²) in [5, 5.41) is 0. The molecule has 2 heterocycles. The van der Waals surface area contributed by atoms with Crippen LogP contribution in [0.3, 0.4) is 0 Å². The first kappa shape index (κ1) is 12.5. The zero-order chi connectivity index (χ0) is 12.6. The molecule has 2 rings (SSSR count). The van der Waals surface area contributed by atoms with E-state index in [9.17, 15) is 0 Å². The number of hydrogen-bond acceptors (Lipinski definition) is 4. The molecule has 0 aromatic carbocycles. The maximum absolute atomic E-state index is 5.58. The van der Waals surface area contributed by atoms with Crippen molar-refractivity contribution in [1.29, 1.82) is 0 Å². The van der Waals surface area contributed by atoms with Crippen LogP contribution in [-0.2, 0) is 17.8 Å². The average molecular weight is 243 g/mol. The van der Waals surface area contributed by atoms with Gasteiger partial charge < -0.3 is 10.5 Å². The van der Waals surface area contributed by atoms with Gasteiger partial charge in [-0.15, -0.1) is 0 Å². The molecule has 0 fully saturated rings. The molecule has 18 heavy (non-hydrogen) atoms. The first-order valence-electron chi connectivity index (χ1n) is 6.01. The van der Waals surface area contributed by atoms with Crippen LogP contribution in [0.2, 0.25) is 0 Å². The summed E-state index contributed by atoms with van der Waals surface area (Å²) in [4.78, 5) is 8.00. The molecule has 2 aromatic heterocycles. The molecule has 0 aliphatic carbocycles. The van der Waals surface area contributed by atoms with E-state index < -0.39 is 0 Å². The Hall–Kier alpha value is -1.94. The molecule has 94 valence electrons. The summed E-state index contributed by atoms with van der Waals surface area (Å²) < 4.78 is 5.58. The Morgan fingerprint density at radius 3 is 2.61 bits per heavy atom. The van der Waals surface area contributed by atoms with Crippen LogP contribution in [0.25, 0.3) is 0 Å². The second kappa shape index (κ2) is 6.71. The molecule has 0 aliphatic rings. The number of nitrogens with two attached hydrogens (primary N) is 1. The fraction of sp³-hybridized carbons (Fsp3) is 0.286. The molecular weight excluding hydrogens is 226 g/mol. The van der Waals surface area contributed by atoms with Crippen LogP contribution in [0, 0.1) is 0 Å². The SMILES string of the molecule is Nc1ccc(COCCCc2ccncc2)cn1. The van der Waals surface area contributed by atoms with Gasteiger partial charge in [-0.25, -0.2) is 4.98 Å². The lowest BCUT2D eigenvalue weighted by molar-refractivity contribution is 0.118. The number of anilines is 1. The quantitative estimate of drug-likeness (QED) is 0.790. The van der Waals surface area contributed by atoms with Gasteiger partial charge in [-0.05, 0) is 42.2 Å². The summed E-state index contributed by atoms with van der Waals surface area (Å²) in [7, 11) is 0. The van der Waals surface area contributed by atoms with Crippen LogP contribution in [0.1, 0.15) is 17.5 Å². The van der Waals surface area contributed by atoms with Gasteiger partial charge in [0.25, 0.3) is 0 Å². The summed E-state index contributed by atoms with van der Waals surface area (Å²) in [6.45, 7) is 1.33. The summed E-state index contributed by atoms with van der Waals surface area (Å²) in [5.41, 5.74) is 7.85. The molecule has 0 amide bonds. The topological polar surface area (TPSA) is 61.0 Å². The van der Waals surface area contributed by atoms with E-state index in [2.05, 4.69) is 9.97 Å². The zero-order valence-corrected chi connectivity index (χ0v) is 10.2. The normalized spacial score (nSPS) is 10.4. The lowest BCUT2D eigenvalue weighted by Gasteiger charge is -2.04. The highest BCUT2D eigenvalue weighted by Gasteiger charge is 1.95. The van der Waals surface area contributed by atoms with E-state index in [1.54, 1.807) is 12.3 Å². The maximum Gasteiger partial charge on any atom is 0.123 e. The third-order valence-electron chi connectivity index (χ3n) is 2.62. The van der Waals surface area contributed by atoms with Crippen molar-refractivity contribution in [1.82, 2.24) is 9.97 Å². The van der Waals surface area contributed by atoms with Crippen molar-refractivity contribution >= 4 is 5.82 Å². The van der Waals surface area contributed by atoms with Crippen molar-refractivity contribution in [2.45, 2.75) is 19.4 Å². The number of aromatic nitrogens is 2. The molecule has 0 unspecified atom stereocenters. The van der Waals surface area contributed by atoms with Crippen molar-refractivity contribution < 1.29 is 4.74 Å². The van der Waals surface area contributed by atoms with Crippen molar-refractivity contribution in [3.63, 3.8) is 0 Å². The summed E-state index contributed by atoms with van der Waals surface area (Å²) in [6, 6.07) is 7.79. The predicted molar refractivity (Wildman–Crippen MR) is 70.9 cm³/mol. The van der Waals surface area contributed by atoms with Gasteiger partial charge in [-0.3, -0.25) is 4.98 Å². The van der Waals surface area contributed by atoms with Crippen LogP contribution in [0.4, 0.5) is 5.82 Å². The minimum Gasteiger partial charge on any atom is -0.384 e. The lowest BCUT2D eigenvalue weighted by Crippen LogP contribution is -1.99. The Bertz CT molecular complexity index is 456. The van der Waals surface area contributed by atoms with Gasteiger partial charge in [0.2, 0.25) is 0 Å². The molecular formula is C14H17N3O. The molecule has 0 atom stereocenters. The van der Waals surface area contributed by atoms with E-state index in [0.717, 1.165) is 25.0 Å². The predicted octanol–water partition coefficient (Wildman–Crippen LogP) is 2.21. The van der Waals surface area contributed by atoms with E-state index in [4.69, 9.17) is 10.5 Å². The van der Waals surface area contributed by atoms with Gasteiger partial charge in [-0.1, -0.05) is 6.07 Å². The van der Waals surface area contributed by atoms with E-state index in [0.29, 0.717) is 12.4 Å². The molecule has 4 nitrogen and oxygen atoms in total.